The van der Waals surface area contributed by atoms with Crippen molar-refractivity contribution < 1.29 is 19.2 Å². The molecule has 0 spiro atoms. The highest BCUT2D eigenvalue weighted by Crippen LogP contribution is 2.40. The Bertz CT molecular complexity index is 854. The molecule has 0 radical (unpaired) electrons. The Balaban J connectivity index is 2.64. The summed E-state index contributed by atoms with van der Waals surface area (Å²) in [6.45, 7) is 8.60. The largest absolute Gasteiger partial charge is 0.459 e. The number of allylic oxidation sites excluding steroid dienone is 3. The molecule has 0 saturated carbocycles. The van der Waals surface area contributed by atoms with Crippen molar-refractivity contribution in [1.82, 2.24) is 5.32 Å². The molecule has 0 bridgehead atoms. The molecule has 1 N–H and O–H groups in total. The number of nitro groups is 1. The number of dihydropyridines is 1. The Labute approximate surface area is 158 Å². The fourth-order valence-electron chi connectivity index (χ4n) is 3.21. The van der Waals surface area contributed by atoms with E-state index in [0.717, 1.165) is 0 Å². The summed E-state index contributed by atoms with van der Waals surface area (Å²) < 4.78 is 5.50. The average molecular weight is 372 g/mol. The Morgan fingerprint density at radius 1 is 1.26 bits per heavy atom. The van der Waals surface area contributed by atoms with E-state index >= 15 is 0 Å². The molecule has 0 aromatic heterocycles. The highest BCUT2D eigenvalue weighted by Gasteiger charge is 2.36. The Morgan fingerprint density at radius 2 is 1.89 bits per heavy atom. The molecule has 1 aliphatic rings. The number of hydrogen-bond donors (Lipinski definition) is 1. The smallest absolute Gasteiger partial charge is 0.337 e. The zero-order chi connectivity index (χ0) is 20.3. The number of Topliss-reactive ketones (excluding diaryl/α,β-unsaturated/α-hetero) is 1. The quantitative estimate of drug-likeness (QED) is 0.464. The normalized spacial score (nSPS) is 18.0. The van der Waals surface area contributed by atoms with Crippen LogP contribution in [0.5, 0.6) is 0 Å². The number of rotatable bonds is 6. The Hall–Kier alpha value is -2.96. The minimum absolute atomic E-state index is 0.0983. The van der Waals surface area contributed by atoms with Crippen LogP contribution in [0.4, 0.5) is 5.69 Å². The first-order valence-corrected chi connectivity index (χ1v) is 8.82. The van der Waals surface area contributed by atoms with Crippen LogP contribution >= 0.6 is 0 Å². The lowest BCUT2D eigenvalue weighted by Crippen LogP contribution is -2.32. The van der Waals surface area contributed by atoms with Gasteiger partial charge in [0.25, 0.3) is 5.69 Å². The van der Waals surface area contributed by atoms with Gasteiger partial charge in [0.1, 0.15) is 0 Å². The van der Waals surface area contributed by atoms with Crippen LogP contribution in [-0.4, -0.2) is 22.8 Å². The molecule has 1 aromatic carbocycles. The molecular weight excluding hydrogens is 348 g/mol. The molecule has 7 heteroatoms. The number of benzene rings is 1. The Kier molecular flexibility index (Phi) is 6.15. The summed E-state index contributed by atoms with van der Waals surface area (Å²) in [5, 5.41) is 14.3. The van der Waals surface area contributed by atoms with E-state index in [9.17, 15) is 19.7 Å². The monoisotopic (exact) mass is 372 g/mol. The zero-order valence-electron chi connectivity index (χ0n) is 16.2. The minimum Gasteiger partial charge on any atom is -0.459 e. The number of hydrogen-bond acceptors (Lipinski definition) is 6. The molecule has 144 valence electrons. The van der Waals surface area contributed by atoms with Crippen LogP contribution in [0.1, 0.15) is 52.5 Å². The van der Waals surface area contributed by atoms with Crippen molar-refractivity contribution in [1.29, 1.82) is 0 Å². The second-order valence-corrected chi connectivity index (χ2v) is 6.67. The molecular formula is C20H24N2O5. The van der Waals surface area contributed by atoms with Gasteiger partial charge in [0.2, 0.25) is 0 Å². The molecule has 1 aliphatic heterocycles. The van der Waals surface area contributed by atoms with Crippen molar-refractivity contribution in [2.45, 2.75) is 53.1 Å². The van der Waals surface area contributed by atoms with Gasteiger partial charge >= 0.3 is 5.97 Å². The van der Waals surface area contributed by atoms with Gasteiger partial charge in [-0.1, -0.05) is 19.1 Å². The van der Waals surface area contributed by atoms with Gasteiger partial charge in [-0.25, -0.2) is 4.79 Å². The van der Waals surface area contributed by atoms with Crippen molar-refractivity contribution in [3.63, 3.8) is 0 Å². The van der Waals surface area contributed by atoms with Gasteiger partial charge in [0.05, 0.1) is 16.6 Å². The standard InChI is InChI=1S/C20H24N2O5/c1-6-11(2)27-20(24)18-13(4)21-12(3)17(14(5)23)19(18)15-8-7-9-16(10-15)22(25)26/h7-11,19,21H,6H2,1-5H3. The number of esters is 1. The topological polar surface area (TPSA) is 98.5 Å². The molecule has 1 heterocycles. The zero-order valence-corrected chi connectivity index (χ0v) is 16.2. The predicted molar refractivity (Wildman–Crippen MR) is 101 cm³/mol. The van der Waals surface area contributed by atoms with Crippen LogP contribution < -0.4 is 5.32 Å². The van der Waals surface area contributed by atoms with Crippen LogP contribution in [0, 0.1) is 10.1 Å². The fourth-order valence-corrected chi connectivity index (χ4v) is 3.21. The van der Waals surface area contributed by atoms with Gasteiger partial charge in [-0.2, -0.15) is 0 Å². The van der Waals surface area contributed by atoms with Crippen LogP contribution in [0.3, 0.4) is 0 Å². The van der Waals surface area contributed by atoms with Crippen molar-refractivity contribution in [2.24, 2.45) is 0 Å². The molecule has 7 nitrogen and oxygen atoms in total. The lowest BCUT2D eigenvalue weighted by atomic mass is 9.79. The molecule has 0 amide bonds. The van der Waals surface area contributed by atoms with E-state index in [0.29, 0.717) is 34.5 Å². The third-order valence-electron chi connectivity index (χ3n) is 4.66. The first-order valence-electron chi connectivity index (χ1n) is 8.82. The molecule has 2 atom stereocenters. The summed E-state index contributed by atoms with van der Waals surface area (Å²) in [6.07, 6.45) is 0.373. The van der Waals surface area contributed by atoms with Crippen molar-refractivity contribution >= 4 is 17.4 Å². The van der Waals surface area contributed by atoms with Crippen molar-refractivity contribution in [3.05, 3.63) is 62.5 Å². The Morgan fingerprint density at radius 3 is 2.44 bits per heavy atom. The molecule has 27 heavy (non-hydrogen) atoms. The van der Waals surface area contributed by atoms with Gasteiger partial charge in [-0.3, -0.25) is 14.9 Å². The number of ether oxygens (including phenoxy) is 1. The average Bonchev–Trinajstić information content (AvgIpc) is 2.60. The van der Waals surface area contributed by atoms with Crippen molar-refractivity contribution in [3.8, 4) is 0 Å². The lowest BCUT2D eigenvalue weighted by Gasteiger charge is -2.31. The van der Waals surface area contributed by atoms with Crippen LogP contribution in [0.25, 0.3) is 0 Å². The van der Waals surface area contributed by atoms with Gasteiger partial charge in [0.15, 0.2) is 5.78 Å². The van der Waals surface area contributed by atoms with Crippen LogP contribution in [-0.2, 0) is 14.3 Å². The third-order valence-corrected chi connectivity index (χ3v) is 4.66. The number of ketones is 1. The highest BCUT2D eigenvalue weighted by atomic mass is 16.6. The van der Waals surface area contributed by atoms with Gasteiger partial charge in [0, 0.05) is 35.0 Å². The maximum absolute atomic E-state index is 12.9. The third kappa shape index (κ3) is 4.24. The number of carbonyl (C=O) groups is 2. The number of carbonyl (C=O) groups excluding carboxylic acids is 2. The molecule has 2 rings (SSSR count). The van der Waals surface area contributed by atoms with E-state index < -0.39 is 16.8 Å². The van der Waals surface area contributed by atoms with E-state index in [1.165, 1.54) is 19.1 Å². The van der Waals surface area contributed by atoms with Crippen LogP contribution in [0.2, 0.25) is 0 Å². The number of non-ortho nitro benzene ring substituents is 1. The maximum atomic E-state index is 12.9. The van der Waals surface area contributed by atoms with Gasteiger partial charge in [-0.15, -0.1) is 0 Å². The summed E-state index contributed by atoms with van der Waals surface area (Å²) in [4.78, 5) is 35.9. The molecule has 2 unspecified atom stereocenters. The predicted octanol–water partition coefficient (Wildman–Crippen LogP) is 3.76. The second kappa shape index (κ2) is 8.16. The first-order chi connectivity index (χ1) is 12.7. The molecule has 0 aliphatic carbocycles. The highest BCUT2D eigenvalue weighted by molar-refractivity contribution is 6.02. The fraction of sp³-hybridized carbons (Fsp3) is 0.400. The molecule has 0 saturated heterocycles. The van der Waals surface area contributed by atoms with E-state index in [1.54, 1.807) is 32.9 Å². The van der Waals surface area contributed by atoms with E-state index in [2.05, 4.69) is 5.32 Å². The SMILES string of the molecule is CCC(C)OC(=O)C1=C(C)NC(C)=C(C(C)=O)C1c1cccc([N+](=O)[O-])c1. The maximum Gasteiger partial charge on any atom is 0.337 e. The lowest BCUT2D eigenvalue weighted by molar-refractivity contribution is -0.384. The van der Waals surface area contributed by atoms with E-state index in [1.807, 2.05) is 6.92 Å². The van der Waals surface area contributed by atoms with Gasteiger partial charge < -0.3 is 10.1 Å². The second-order valence-electron chi connectivity index (χ2n) is 6.67. The van der Waals surface area contributed by atoms with Crippen LogP contribution in [0.15, 0.2) is 46.8 Å². The van der Waals surface area contributed by atoms with E-state index in [-0.39, 0.29) is 17.6 Å². The molecule has 0 fully saturated rings. The first kappa shape index (κ1) is 20.4. The summed E-state index contributed by atoms with van der Waals surface area (Å²) in [5.41, 5.74) is 2.30. The summed E-state index contributed by atoms with van der Waals surface area (Å²) in [5.74, 6) is -1.46. The minimum atomic E-state index is -0.722. The molecule has 1 aromatic rings. The summed E-state index contributed by atoms with van der Waals surface area (Å²) >= 11 is 0. The van der Waals surface area contributed by atoms with Gasteiger partial charge in [-0.05, 0) is 39.7 Å². The summed E-state index contributed by atoms with van der Waals surface area (Å²) in [6, 6.07) is 6.01. The van der Waals surface area contributed by atoms with E-state index in [4.69, 9.17) is 4.74 Å². The van der Waals surface area contributed by atoms with Crippen molar-refractivity contribution in [2.75, 3.05) is 0 Å². The number of nitro benzene ring substituents is 1. The number of nitrogens with one attached hydrogen (secondary N) is 1. The summed E-state index contributed by atoms with van der Waals surface area (Å²) in [7, 11) is 0. The number of nitrogens with zero attached hydrogens (tertiary/aromatic N) is 1.